The topological polar surface area (TPSA) is 132 Å². The van der Waals surface area contributed by atoms with Crippen molar-refractivity contribution in [3.63, 3.8) is 0 Å². The third-order valence-electron chi connectivity index (χ3n) is 5.11. The zero-order valence-electron chi connectivity index (χ0n) is 19.7. The molecule has 0 aliphatic carbocycles. The van der Waals surface area contributed by atoms with Gasteiger partial charge in [-0.15, -0.1) is 0 Å². The highest BCUT2D eigenvalue weighted by Crippen LogP contribution is 2.24. The lowest BCUT2D eigenvalue weighted by molar-refractivity contribution is -0.192. The summed E-state index contributed by atoms with van der Waals surface area (Å²) in [5, 5.41) is 11.8. The van der Waals surface area contributed by atoms with Crippen LogP contribution in [0.1, 0.15) is 26.3 Å². The first kappa shape index (κ1) is 27.7. The van der Waals surface area contributed by atoms with Crippen molar-refractivity contribution in [3.05, 3.63) is 102 Å². The van der Waals surface area contributed by atoms with Crippen molar-refractivity contribution in [3.8, 4) is 5.75 Å². The summed E-state index contributed by atoms with van der Waals surface area (Å²) in [7, 11) is 0. The van der Waals surface area contributed by atoms with Crippen molar-refractivity contribution in [2.45, 2.75) is 6.18 Å². The molecule has 0 aliphatic heterocycles. The Morgan fingerprint density at radius 1 is 0.895 bits per heavy atom. The molecule has 1 heterocycles. The largest absolute Gasteiger partial charge is 0.492 e. The molecule has 1 aromatic heterocycles. The molecule has 196 valence electrons. The van der Waals surface area contributed by atoms with E-state index in [-0.39, 0.29) is 11.7 Å². The Bertz CT molecular complexity index is 1430. The van der Waals surface area contributed by atoms with Gasteiger partial charge >= 0.3 is 12.1 Å². The molecule has 4 N–H and O–H groups in total. The summed E-state index contributed by atoms with van der Waals surface area (Å²) in [6.07, 6.45) is -3.42. The highest BCUT2D eigenvalue weighted by molar-refractivity contribution is 6.09. The number of hydrogen-bond donors (Lipinski definition) is 3. The number of hydrogen-bond acceptors (Lipinski definition) is 6. The minimum Gasteiger partial charge on any atom is -0.492 e. The summed E-state index contributed by atoms with van der Waals surface area (Å²) in [6.45, 7) is 0.645. The molecule has 4 aromatic rings. The molecule has 0 spiro atoms. The number of carboxylic acid groups (broad SMARTS) is 1. The highest BCUT2D eigenvalue weighted by atomic mass is 19.4. The molecular weight excluding hydrogens is 503 g/mol. The lowest BCUT2D eigenvalue weighted by Gasteiger charge is -2.09. The summed E-state index contributed by atoms with van der Waals surface area (Å²) in [5.74, 6) is -1.95. The quantitative estimate of drug-likeness (QED) is 0.239. The van der Waals surface area contributed by atoms with Crippen LogP contribution in [0.5, 0.6) is 5.75 Å². The van der Waals surface area contributed by atoms with Crippen LogP contribution in [-0.4, -0.2) is 47.1 Å². The summed E-state index contributed by atoms with van der Waals surface area (Å²) in [5.41, 5.74) is 7.53. The lowest BCUT2D eigenvalue weighted by atomic mass is 10.0. The number of nitrogen functional groups attached to an aromatic ring is 1. The predicted molar refractivity (Wildman–Crippen MR) is 134 cm³/mol. The normalized spacial score (nSPS) is 10.7. The number of ether oxygens (including phenoxy) is 1. The van der Waals surface area contributed by atoms with Gasteiger partial charge in [-0.2, -0.15) is 13.2 Å². The van der Waals surface area contributed by atoms with Crippen LogP contribution in [0, 0.1) is 0 Å². The van der Waals surface area contributed by atoms with Gasteiger partial charge in [0.1, 0.15) is 18.2 Å². The number of nitrogens with zero attached hydrogens (tertiary/aromatic N) is 1. The molecule has 1 amide bonds. The van der Waals surface area contributed by atoms with Gasteiger partial charge in [0, 0.05) is 28.3 Å². The van der Waals surface area contributed by atoms with Crippen LogP contribution in [0.4, 0.5) is 19.0 Å². The number of aliphatic carboxylic acids is 1. The number of rotatable bonds is 7. The Kier molecular flexibility index (Phi) is 8.99. The van der Waals surface area contributed by atoms with Crippen LogP contribution in [0.15, 0.2) is 85.1 Å². The highest BCUT2D eigenvalue weighted by Gasteiger charge is 2.38. The Hall–Kier alpha value is -4.93. The van der Waals surface area contributed by atoms with Crippen molar-refractivity contribution in [1.82, 2.24) is 10.3 Å². The summed E-state index contributed by atoms with van der Waals surface area (Å²) >= 11 is 0. The number of ketones is 1. The fourth-order valence-corrected chi connectivity index (χ4v) is 3.22. The first-order valence-electron chi connectivity index (χ1n) is 11.1. The van der Waals surface area contributed by atoms with Crippen molar-refractivity contribution in [1.29, 1.82) is 0 Å². The number of benzene rings is 3. The van der Waals surface area contributed by atoms with E-state index in [1.54, 1.807) is 42.6 Å². The molecule has 0 unspecified atom stereocenters. The zero-order valence-corrected chi connectivity index (χ0v) is 19.7. The number of amides is 1. The number of nitrogens with one attached hydrogen (secondary N) is 1. The molecule has 0 saturated carbocycles. The number of fused-ring (bicyclic) bond motifs is 1. The molecule has 0 fully saturated rings. The number of carboxylic acids is 1. The third kappa shape index (κ3) is 7.53. The van der Waals surface area contributed by atoms with Gasteiger partial charge in [-0.1, -0.05) is 48.5 Å². The lowest BCUT2D eigenvalue weighted by Crippen LogP contribution is -2.28. The van der Waals surface area contributed by atoms with Gasteiger partial charge in [0.05, 0.1) is 6.54 Å². The number of aromatic nitrogens is 1. The van der Waals surface area contributed by atoms with Gasteiger partial charge in [-0.3, -0.25) is 9.59 Å². The van der Waals surface area contributed by atoms with Gasteiger partial charge in [0.15, 0.2) is 5.78 Å². The number of pyridine rings is 1. The van der Waals surface area contributed by atoms with Gasteiger partial charge in [0.25, 0.3) is 5.91 Å². The maximum absolute atomic E-state index is 12.4. The van der Waals surface area contributed by atoms with Crippen molar-refractivity contribution in [2.75, 3.05) is 18.9 Å². The molecule has 0 aliphatic rings. The second-order valence-corrected chi connectivity index (χ2v) is 7.76. The van der Waals surface area contributed by atoms with E-state index in [2.05, 4.69) is 10.3 Å². The Morgan fingerprint density at radius 2 is 1.50 bits per heavy atom. The average molecular weight is 525 g/mol. The smallest absolute Gasteiger partial charge is 0.490 e. The first-order valence-corrected chi connectivity index (χ1v) is 11.1. The van der Waals surface area contributed by atoms with E-state index in [1.165, 1.54) is 0 Å². The van der Waals surface area contributed by atoms with Crippen molar-refractivity contribution < 1.29 is 37.4 Å². The monoisotopic (exact) mass is 525 g/mol. The van der Waals surface area contributed by atoms with E-state index >= 15 is 0 Å². The number of anilines is 1. The predicted octanol–water partition coefficient (Wildman–Crippen LogP) is 4.49. The molecule has 0 saturated heterocycles. The molecule has 38 heavy (non-hydrogen) atoms. The van der Waals surface area contributed by atoms with E-state index in [0.29, 0.717) is 41.4 Å². The first-order chi connectivity index (χ1) is 18.1. The van der Waals surface area contributed by atoms with Crippen LogP contribution < -0.4 is 15.8 Å². The molecule has 8 nitrogen and oxygen atoms in total. The summed E-state index contributed by atoms with van der Waals surface area (Å²) < 4.78 is 37.4. The SMILES string of the molecule is Nc1nccc2ccc(OCCNC(=O)c3ccc(C(=O)c4ccccc4)cc3)cc12.O=C(O)C(F)(F)F. The van der Waals surface area contributed by atoms with E-state index in [1.807, 2.05) is 42.5 Å². The Balaban J connectivity index is 0.000000505. The van der Waals surface area contributed by atoms with Gasteiger partial charge in [-0.25, -0.2) is 9.78 Å². The third-order valence-corrected chi connectivity index (χ3v) is 5.11. The molecule has 0 atom stereocenters. The average Bonchev–Trinajstić information content (AvgIpc) is 2.91. The molecule has 11 heteroatoms. The molecule has 4 rings (SSSR count). The van der Waals surface area contributed by atoms with Crippen molar-refractivity contribution >= 4 is 34.3 Å². The molecule has 0 radical (unpaired) electrons. The second-order valence-electron chi connectivity index (χ2n) is 7.76. The Morgan fingerprint density at radius 3 is 2.13 bits per heavy atom. The fourth-order valence-electron chi connectivity index (χ4n) is 3.22. The molecule has 3 aromatic carbocycles. The number of halogens is 3. The number of nitrogens with two attached hydrogens (primary N) is 1. The summed E-state index contributed by atoms with van der Waals surface area (Å²) in [4.78, 5) is 37.8. The maximum atomic E-state index is 12.4. The molecule has 0 bridgehead atoms. The minimum absolute atomic E-state index is 0.0767. The van der Waals surface area contributed by atoms with Crippen LogP contribution in [0.25, 0.3) is 10.8 Å². The van der Waals surface area contributed by atoms with Gasteiger partial charge in [0.2, 0.25) is 0 Å². The zero-order chi connectivity index (χ0) is 27.7. The van der Waals surface area contributed by atoms with Crippen LogP contribution >= 0.6 is 0 Å². The van der Waals surface area contributed by atoms with E-state index in [0.717, 1.165) is 10.8 Å². The summed E-state index contributed by atoms with van der Waals surface area (Å²) in [6, 6.07) is 23.1. The van der Waals surface area contributed by atoms with E-state index in [9.17, 15) is 22.8 Å². The van der Waals surface area contributed by atoms with E-state index < -0.39 is 12.1 Å². The number of carbonyl (C=O) groups is 3. The molecular formula is C27H22F3N3O5. The number of alkyl halides is 3. The van der Waals surface area contributed by atoms with Crippen LogP contribution in [0.2, 0.25) is 0 Å². The fraction of sp³-hybridized carbons (Fsp3) is 0.111. The number of carbonyl (C=O) groups excluding carboxylic acids is 2. The van der Waals surface area contributed by atoms with E-state index in [4.69, 9.17) is 20.4 Å². The standard InChI is InChI=1S/C25H21N3O3.C2HF3O2/c26-24-22-16-21(11-10-17(22)12-13-27-24)31-15-14-28-25(30)20-8-6-19(7-9-20)23(29)18-4-2-1-3-5-18;3-2(4,5)1(6)7/h1-13,16H,14-15H2,(H2,26,27)(H,28,30);(H,6,7). The van der Waals surface area contributed by atoms with Gasteiger partial charge in [-0.05, 0) is 35.7 Å². The Labute approximate surface area is 214 Å². The second kappa shape index (κ2) is 12.3. The van der Waals surface area contributed by atoms with Crippen LogP contribution in [-0.2, 0) is 4.79 Å². The van der Waals surface area contributed by atoms with Crippen LogP contribution in [0.3, 0.4) is 0 Å². The minimum atomic E-state index is -5.08. The maximum Gasteiger partial charge on any atom is 0.490 e. The van der Waals surface area contributed by atoms with Crippen molar-refractivity contribution in [2.24, 2.45) is 0 Å². The van der Waals surface area contributed by atoms with Gasteiger partial charge < -0.3 is 20.9 Å².